The first kappa shape index (κ1) is 12.4. The Balaban J connectivity index is 2.37. The van der Waals surface area contributed by atoms with Crippen molar-refractivity contribution in [2.75, 3.05) is 7.05 Å². The standard InChI is InChI=1S/C10H7BrN2O2S2/c1-13-9(15)7(8(14)12-10(13)16)3-6-2-5(11)4-17-6/h2-4H,1H3,(H,12,14,16)/b7-3+. The molecule has 1 aliphatic rings. The third-order valence-electron chi connectivity index (χ3n) is 2.18. The van der Waals surface area contributed by atoms with Crippen molar-refractivity contribution in [3.63, 3.8) is 0 Å². The van der Waals surface area contributed by atoms with Crippen molar-refractivity contribution in [2.24, 2.45) is 0 Å². The Bertz CT molecular complexity index is 550. The summed E-state index contributed by atoms with van der Waals surface area (Å²) in [4.78, 5) is 25.6. The molecule has 0 bridgehead atoms. The van der Waals surface area contributed by atoms with E-state index in [4.69, 9.17) is 12.2 Å². The van der Waals surface area contributed by atoms with E-state index in [9.17, 15) is 9.59 Å². The monoisotopic (exact) mass is 330 g/mol. The lowest BCUT2D eigenvalue weighted by molar-refractivity contribution is -0.128. The lowest BCUT2D eigenvalue weighted by Gasteiger charge is -2.24. The van der Waals surface area contributed by atoms with E-state index in [1.165, 1.54) is 23.3 Å². The van der Waals surface area contributed by atoms with Crippen molar-refractivity contribution in [3.05, 3.63) is 26.4 Å². The first-order chi connectivity index (χ1) is 7.99. The second-order valence-electron chi connectivity index (χ2n) is 3.35. The van der Waals surface area contributed by atoms with Gasteiger partial charge in [-0.3, -0.25) is 19.8 Å². The molecule has 0 unspecified atom stereocenters. The quantitative estimate of drug-likeness (QED) is 0.485. The number of amides is 2. The van der Waals surface area contributed by atoms with Gasteiger partial charge in [-0.1, -0.05) is 0 Å². The predicted molar refractivity (Wildman–Crippen MR) is 73.5 cm³/mol. The molecular weight excluding hydrogens is 324 g/mol. The fourth-order valence-corrected chi connectivity index (χ4v) is 2.84. The number of rotatable bonds is 1. The molecule has 4 nitrogen and oxygen atoms in total. The molecular formula is C10H7BrN2O2S2. The minimum atomic E-state index is -0.456. The maximum Gasteiger partial charge on any atom is 0.265 e. The number of hydrogen-bond donors (Lipinski definition) is 1. The number of likely N-dealkylation sites (N-methyl/N-ethyl adjacent to an activating group) is 1. The van der Waals surface area contributed by atoms with E-state index in [1.807, 2.05) is 11.4 Å². The first-order valence-electron chi connectivity index (χ1n) is 4.58. The molecule has 2 rings (SSSR count). The Labute approximate surface area is 115 Å². The van der Waals surface area contributed by atoms with Gasteiger partial charge >= 0.3 is 0 Å². The van der Waals surface area contributed by atoms with Crippen LogP contribution < -0.4 is 5.32 Å². The molecule has 0 spiro atoms. The molecule has 0 atom stereocenters. The molecule has 1 aromatic rings. The number of thiocarbonyl (C=S) groups is 1. The summed E-state index contributed by atoms with van der Waals surface area (Å²) < 4.78 is 0.918. The van der Waals surface area contributed by atoms with Crippen LogP contribution in [0.4, 0.5) is 0 Å². The molecule has 1 fully saturated rings. The zero-order valence-electron chi connectivity index (χ0n) is 8.69. The van der Waals surface area contributed by atoms with Crippen LogP contribution >= 0.6 is 39.5 Å². The van der Waals surface area contributed by atoms with Crippen LogP contribution in [0.1, 0.15) is 4.88 Å². The molecule has 88 valence electrons. The lowest BCUT2D eigenvalue weighted by Crippen LogP contribution is -2.52. The molecule has 1 N–H and O–H groups in total. The largest absolute Gasteiger partial charge is 0.298 e. The van der Waals surface area contributed by atoms with Crippen LogP contribution in [0.2, 0.25) is 0 Å². The van der Waals surface area contributed by atoms with Gasteiger partial charge in [-0.15, -0.1) is 11.3 Å². The Morgan fingerprint density at radius 2 is 2.24 bits per heavy atom. The van der Waals surface area contributed by atoms with Crippen molar-refractivity contribution in [1.29, 1.82) is 0 Å². The van der Waals surface area contributed by atoms with Gasteiger partial charge in [0.25, 0.3) is 11.8 Å². The van der Waals surface area contributed by atoms with Crippen LogP contribution in [0.3, 0.4) is 0 Å². The van der Waals surface area contributed by atoms with Gasteiger partial charge in [0.15, 0.2) is 5.11 Å². The number of hydrogen-bond acceptors (Lipinski definition) is 4. The van der Waals surface area contributed by atoms with Gasteiger partial charge in [-0.05, 0) is 40.3 Å². The van der Waals surface area contributed by atoms with Crippen molar-refractivity contribution in [1.82, 2.24) is 10.2 Å². The molecule has 7 heteroatoms. The van der Waals surface area contributed by atoms with Crippen molar-refractivity contribution in [2.45, 2.75) is 0 Å². The van der Waals surface area contributed by atoms with Crippen molar-refractivity contribution >= 4 is 62.5 Å². The van der Waals surface area contributed by atoms with Crippen molar-refractivity contribution < 1.29 is 9.59 Å². The Morgan fingerprint density at radius 3 is 2.82 bits per heavy atom. The summed E-state index contributed by atoms with van der Waals surface area (Å²) in [7, 11) is 1.53. The van der Waals surface area contributed by atoms with Crippen LogP contribution in [0.5, 0.6) is 0 Å². The molecule has 2 amide bonds. The number of carbonyl (C=O) groups is 2. The Kier molecular flexibility index (Phi) is 3.41. The highest BCUT2D eigenvalue weighted by Crippen LogP contribution is 2.23. The van der Waals surface area contributed by atoms with E-state index in [1.54, 1.807) is 6.08 Å². The average Bonchev–Trinajstić information content (AvgIpc) is 2.67. The summed E-state index contributed by atoms with van der Waals surface area (Å²) in [6.07, 6.45) is 1.56. The van der Waals surface area contributed by atoms with E-state index in [0.29, 0.717) is 0 Å². The normalized spacial score (nSPS) is 18.8. The van der Waals surface area contributed by atoms with Gasteiger partial charge < -0.3 is 0 Å². The topological polar surface area (TPSA) is 49.4 Å². The highest BCUT2D eigenvalue weighted by molar-refractivity contribution is 9.10. The van der Waals surface area contributed by atoms with E-state index >= 15 is 0 Å². The second-order valence-corrected chi connectivity index (χ2v) is 5.59. The van der Waals surface area contributed by atoms with Gasteiger partial charge in [-0.25, -0.2) is 0 Å². The molecule has 1 aromatic heterocycles. The molecule has 17 heavy (non-hydrogen) atoms. The van der Waals surface area contributed by atoms with Gasteiger partial charge in [0.1, 0.15) is 5.57 Å². The van der Waals surface area contributed by atoms with Crippen LogP contribution in [-0.2, 0) is 9.59 Å². The average molecular weight is 331 g/mol. The zero-order valence-corrected chi connectivity index (χ0v) is 11.9. The minimum Gasteiger partial charge on any atom is -0.298 e. The number of nitrogens with one attached hydrogen (secondary N) is 1. The maximum absolute atomic E-state index is 11.9. The molecule has 0 saturated carbocycles. The van der Waals surface area contributed by atoms with Crippen LogP contribution in [0, 0.1) is 0 Å². The van der Waals surface area contributed by atoms with Crippen molar-refractivity contribution in [3.8, 4) is 0 Å². The molecule has 0 aliphatic carbocycles. The Morgan fingerprint density at radius 1 is 1.53 bits per heavy atom. The van der Waals surface area contributed by atoms with Crippen LogP contribution in [0.15, 0.2) is 21.5 Å². The summed E-state index contributed by atoms with van der Waals surface area (Å²) in [5.41, 5.74) is 0.0930. The summed E-state index contributed by atoms with van der Waals surface area (Å²) >= 11 is 9.60. The van der Waals surface area contributed by atoms with Gasteiger partial charge in [0.2, 0.25) is 0 Å². The third-order valence-corrected chi connectivity index (χ3v) is 4.20. The van der Waals surface area contributed by atoms with E-state index < -0.39 is 5.91 Å². The Hall–Kier alpha value is -1.05. The summed E-state index contributed by atoms with van der Waals surface area (Å²) in [5, 5.41) is 4.47. The van der Waals surface area contributed by atoms with Gasteiger partial charge in [0.05, 0.1) is 0 Å². The highest BCUT2D eigenvalue weighted by atomic mass is 79.9. The molecule has 0 radical (unpaired) electrons. The van der Waals surface area contributed by atoms with E-state index in [2.05, 4.69) is 21.2 Å². The number of carbonyl (C=O) groups excluding carboxylic acids is 2. The summed E-state index contributed by atoms with van der Waals surface area (Å²) in [5.74, 6) is -0.842. The lowest BCUT2D eigenvalue weighted by atomic mass is 10.1. The molecule has 0 aromatic carbocycles. The molecule has 1 aliphatic heterocycles. The first-order valence-corrected chi connectivity index (χ1v) is 6.66. The summed E-state index contributed by atoms with van der Waals surface area (Å²) in [6, 6.07) is 1.84. The number of halogens is 1. The number of thiophene rings is 1. The SMILES string of the molecule is CN1C(=O)/C(=C/c2cc(Br)cs2)C(=O)NC1=S. The van der Waals surface area contributed by atoms with E-state index in [0.717, 1.165) is 9.35 Å². The minimum absolute atomic E-state index is 0.0930. The smallest absolute Gasteiger partial charge is 0.265 e. The zero-order chi connectivity index (χ0) is 12.6. The summed E-state index contributed by atoms with van der Waals surface area (Å²) in [6.45, 7) is 0. The van der Waals surface area contributed by atoms with Gasteiger partial charge in [0, 0.05) is 21.8 Å². The maximum atomic E-state index is 11.9. The van der Waals surface area contributed by atoms with E-state index in [-0.39, 0.29) is 16.6 Å². The van der Waals surface area contributed by atoms with Crippen LogP contribution in [0.25, 0.3) is 6.08 Å². The van der Waals surface area contributed by atoms with Gasteiger partial charge in [-0.2, -0.15) is 0 Å². The molecule has 1 saturated heterocycles. The highest BCUT2D eigenvalue weighted by Gasteiger charge is 2.30. The van der Waals surface area contributed by atoms with Crippen LogP contribution in [-0.4, -0.2) is 28.9 Å². The third kappa shape index (κ3) is 2.46. The molecule has 2 heterocycles. The predicted octanol–water partition coefficient (Wildman–Crippen LogP) is 1.77. The fraction of sp³-hybridized carbons (Fsp3) is 0.100. The second kappa shape index (κ2) is 4.67. The number of nitrogens with zero attached hydrogens (tertiary/aromatic N) is 1. The fourth-order valence-electron chi connectivity index (χ4n) is 1.29.